The number of rotatable bonds is 8. The van der Waals surface area contributed by atoms with Gasteiger partial charge in [0.05, 0.1) is 0 Å². The summed E-state index contributed by atoms with van der Waals surface area (Å²) < 4.78 is 0. The molecule has 2 rings (SSSR count). The summed E-state index contributed by atoms with van der Waals surface area (Å²) in [6, 6.07) is 0. The lowest BCUT2D eigenvalue weighted by atomic mass is 9.97. The van der Waals surface area contributed by atoms with E-state index in [0.29, 0.717) is 30.7 Å². The fourth-order valence-corrected chi connectivity index (χ4v) is 3.19. The Labute approximate surface area is 142 Å². The highest BCUT2D eigenvalue weighted by Gasteiger charge is 2.31. The van der Waals surface area contributed by atoms with Gasteiger partial charge in [0, 0.05) is 36.4 Å². The highest BCUT2D eigenvalue weighted by atomic mass is 16.2. The quantitative estimate of drug-likeness (QED) is 0.635. The van der Waals surface area contributed by atoms with E-state index in [1.807, 2.05) is 0 Å². The maximum atomic E-state index is 12.0. The smallest absolute Gasteiger partial charge is 0.256 e. The van der Waals surface area contributed by atoms with E-state index in [1.165, 1.54) is 22.0 Å². The van der Waals surface area contributed by atoms with Crippen molar-refractivity contribution in [3.8, 4) is 0 Å². The van der Waals surface area contributed by atoms with Crippen LogP contribution in [0.25, 0.3) is 0 Å². The summed E-state index contributed by atoms with van der Waals surface area (Å²) in [5.74, 6) is -0.760. The van der Waals surface area contributed by atoms with Gasteiger partial charge >= 0.3 is 0 Å². The lowest BCUT2D eigenvalue weighted by Crippen LogP contribution is -2.36. The van der Waals surface area contributed by atoms with Crippen LogP contribution in [0.1, 0.15) is 46.5 Å². The topological polar surface area (TPSA) is 74.8 Å². The number of carbonyl (C=O) groups excluding carboxylic acids is 4. The molecule has 0 spiro atoms. The third-order valence-corrected chi connectivity index (χ3v) is 4.51. The van der Waals surface area contributed by atoms with Crippen molar-refractivity contribution in [3.05, 3.63) is 23.3 Å². The standard InChI is InChI=1S/C18H24N2O4/c1-4-6-14(11-20-16(22)10-13(3)18(20)24)7-5-8-19-15(21)9-12(2)17(19)23/h9-10,14H,4-8,11H2,1-3H3. The molecule has 6 nitrogen and oxygen atoms in total. The molecule has 0 N–H and O–H groups in total. The molecule has 130 valence electrons. The van der Waals surface area contributed by atoms with E-state index in [0.717, 1.165) is 19.3 Å². The monoisotopic (exact) mass is 332 g/mol. The Balaban J connectivity index is 1.86. The van der Waals surface area contributed by atoms with E-state index in [1.54, 1.807) is 13.8 Å². The van der Waals surface area contributed by atoms with Gasteiger partial charge in [-0.05, 0) is 39.0 Å². The Hall–Kier alpha value is -2.24. The summed E-state index contributed by atoms with van der Waals surface area (Å²) in [7, 11) is 0. The van der Waals surface area contributed by atoms with Crippen LogP contribution < -0.4 is 0 Å². The first kappa shape index (κ1) is 18.1. The Bertz CT molecular complexity index is 633. The highest BCUT2D eigenvalue weighted by Crippen LogP contribution is 2.21. The van der Waals surface area contributed by atoms with Gasteiger partial charge in [-0.3, -0.25) is 29.0 Å². The summed E-state index contributed by atoms with van der Waals surface area (Å²) in [6.07, 6.45) is 6.03. The number of nitrogens with zero attached hydrogens (tertiary/aromatic N) is 2. The first-order valence-electron chi connectivity index (χ1n) is 8.43. The van der Waals surface area contributed by atoms with Crippen molar-refractivity contribution in [3.63, 3.8) is 0 Å². The maximum Gasteiger partial charge on any atom is 0.256 e. The Morgan fingerprint density at radius 1 is 0.875 bits per heavy atom. The first-order chi connectivity index (χ1) is 11.3. The second-order valence-electron chi connectivity index (χ2n) is 6.50. The summed E-state index contributed by atoms with van der Waals surface area (Å²) in [5, 5.41) is 0. The fourth-order valence-electron chi connectivity index (χ4n) is 3.19. The van der Waals surface area contributed by atoms with Crippen molar-refractivity contribution in [1.29, 1.82) is 0 Å². The van der Waals surface area contributed by atoms with E-state index >= 15 is 0 Å². The number of imide groups is 2. The van der Waals surface area contributed by atoms with Crippen LogP contribution in [0, 0.1) is 5.92 Å². The molecule has 0 aromatic rings. The van der Waals surface area contributed by atoms with Crippen LogP contribution in [0.5, 0.6) is 0 Å². The molecule has 24 heavy (non-hydrogen) atoms. The SMILES string of the molecule is CCCC(CCCN1C(=O)C=C(C)C1=O)CN1C(=O)C=C(C)C1=O. The van der Waals surface area contributed by atoms with Gasteiger partial charge in [0.2, 0.25) is 0 Å². The number of amides is 4. The number of hydrogen-bond acceptors (Lipinski definition) is 4. The third-order valence-electron chi connectivity index (χ3n) is 4.51. The normalized spacial score (nSPS) is 19.3. The number of hydrogen-bond donors (Lipinski definition) is 0. The van der Waals surface area contributed by atoms with E-state index < -0.39 is 0 Å². The van der Waals surface area contributed by atoms with E-state index in [-0.39, 0.29) is 29.5 Å². The van der Waals surface area contributed by atoms with E-state index in [9.17, 15) is 19.2 Å². The van der Waals surface area contributed by atoms with Crippen molar-refractivity contribution in [2.24, 2.45) is 5.92 Å². The van der Waals surface area contributed by atoms with Crippen LogP contribution >= 0.6 is 0 Å². The second-order valence-corrected chi connectivity index (χ2v) is 6.50. The van der Waals surface area contributed by atoms with Crippen molar-refractivity contribution in [1.82, 2.24) is 9.80 Å². The summed E-state index contributed by atoms with van der Waals surface area (Å²) >= 11 is 0. The molecular weight excluding hydrogens is 308 g/mol. The van der Waals surface area contributed by atoms with Gasteiger partial charge in [0.1, 0.15) is 0 Å². The molecule has 0 aromatic carbocycles. The average Bonchev–Trinajstić information content (AvgIpc) is 2.90. The zero-order valence-corrected chi connectivity index (χ0v) is 14.5. The van der Waals surface area contributed by atoms with Crippen LogP contribution in [0.4, 0.5) is 0 Å². The Morgan fingerprint density at radius 2 is 1.42 bits per heavy atom. The molecule has 0 saturated carbocycles. The molecule has 1 unspecified atom stereocenters. The first-order valence-corrected chi connectivity index (χ1v) is 8.43. The zero-order valence-electron chi connectivity index (χ0n) is 14.5. The van der Waals surface area contributed by atoms with Gasteiger partial charge in [-0.2, -0.15) is 0 Å². The molecule has 2 aliphatic rings. The second kappa shape index (κ2) is 7.55. The summed E-state index contributed by atoms with van der Waals surface area (Å²) in [4.78, 5) is 50.0. The van der Waals surface area contributed by atoms with Crippen LogP contribution in [-0.2, 0) is 19.2 Å². The lowest BCUT2D eigenvalue weighted by molar-refractivity contribution is -0.138. The Morgan fingerprint density at radius 3 is 1.88 bits per heavy atom. The molecule has 0 radical (unpaired) electrons. The molecule has 0 bridgehead atoms. The van der Waals surface area contributed by atoms with Crippen LogP contribution in [-0.4, -0.2) is 46.5 Å². The van der Waals surface area contributed by atoms with Gasteiger partial charge in [-0.25, -0.2) is 0 Å². The lowest BCUT2D eigenvalue weighted by Gasteiger charge is -2.23. The molecule has 0 aliphatic carbocycles. The van der Waals surface area contributed by atoms with Gasteiger partial charge in [0.15, 0.2) is 0 Å². The summed E-state index contributed by atoms with van der Waals surface area (Å²) in [6.45, 7) is 6.13. The van der Waals surface area contributed by atoms with E-state index in [4.69, 9.17) is 0 Å². The minimum atomic E-state index is -0.255. The third kappa shape index (κ3) is 3.80. The van der Waals surface area contributed by atoms with Crippen molar-refractivity contribution < 1.29 is 19.2 Å². The van der Waals surface area contributed by atoms with Crippen LogP contribution in [0.15, 0.2) is 23.3 Å². The fraction of sp³-hybridized carbons (Fsp3) is 0.556. The van der Waals surface area contributed by atoms with Crippen molar-refractivity contribution in [2.75, 3.05) is 13.1 Å². The largest absolute Gasteiger partial charge is 0.275 e. The maximum absolute atomic E-state index is 12.0. The van der Waals surface area contributed by atoms with Gasteiger partial charge in [-0.15, -0.1) is 0 Å². The molecule has 4 amide bonds. The molecular formula is C18H24N2O4. The predicted octanol–water partition coefficient (Wildman–Crippen LogP) is 1.81. The minimum Gasteiger partial charge on any atom is -0.275 e. The summed E-state index contributed by atoms with van der Waals surface area (Å²) in [5.41, 5.74) is 0.949. The van der Waals surface area contributed by atoms with Gasteiger partial charge in [-0.1, -0.05) is 13.3 Å². The number of carbonyl (C=O) groups is 4. The van der Waals surface area contributed by atoms with E-state index in [2.05, 4.69) is 6.92 Å². The molecule has 0 saturated heterocycles. The zero-order chi connectivity index (χ0) is 17.9. The van der Waals surface area contributed by atoms with Crippen molar-refractivity contribution >= 4 is 23.6 Å². The average molecular weight is 332 g/mol. The molecule has 0 aromatic heterocycles. The highest BCUT2D eigenvalue weighted by molar-refractivity contribution is 6.16. The molecule has 2 aliphatic heterocycles. The molecule has 2 heterocycles. The molecule has 6 heteroatoms. The van der Waals surface area contributed by atoms with Crippen LogP contribution in [0.3, 0.4) is 0 Å². The Kier molecular flexibility index (Phi) is 5.70. The molecule has 1 atom stereocenters. The van der Waals surface area contributed by atoms with Crippen LogP contribution in [0.2, 0.25) is 0 Å². The molecule has 0 fully saturated rings. The van der Waals surface area contributed by atoms with Gasteiger partial charge < -0.3 is 0 Å². The van der Waals surface area contributed by atoms with Crippen molar-refractivity contribution in [2.45, 2.75) is 46.5 Å². The predicted molar refractivity (Wildman–Crippen MR) is 88.6 cm³/mol. The van der Waals surface area contributed by atoms with Gasteiger partial charge in [0.25, 0.3) is 23.6 Å². The minimum absolute atomic E-state index is 0.184.